The molecule has 0 spiro atoms. The summed E-state index contributed by atoms with van der Waals surface area (Å²) in [6.45, 7) is 18.8. The normalized spacial score (nSPS) is 29.9. The Bertz CT molecular complexity index is 1830. The second-order valence-corrected chi connectivity index (χ2v) is 16.4. The van der Waals surface area contributed by atoms with Gasteiger partial charge >= 0.3 is 41.8 Å². The van der Waals surface area contributed by atoms with E-state index >= 15 is 0 Å². The third-order valence-electron chi connectivity index (χ3n) is 11.8. The van der Waals surface area contributed by atoms with Crippen molar-refractivity contribution in [3.63, 3.8) is 0 Å². The second kappa shape index (κ2) is 17.8. The molecule has 0 aliphatic heterocycles. The van der Waals surface area contributed by atoms with Crippen LogP contribution < -0.4 is 0 Å². The number of ether oxygens (including phenoxy) is 7. The van der Waals surface area contributed by atoms with Gasteiger partial charge in [0.15, 0.2) is 12.2 Å². The molecule has 318 valence electrons. The standard InChI is InChI=1S/C43H57NO14/c1-21-31(52-23(3)45)19-30-37(54-25(5)47)35-22(2)32(58-41(51)39(56-27(7)49)36(44(12)13)29-17-15-14-16-18-29)20-33(53-24(4)46)43(35,11)40(57-28(8)50)38(55-26(6)48)34(21)42(30,9)10/h14-18,30-33,35-40H,2,19-20H2,1,3-13H3/t30-,31-,32-,33-,35-,36+,37+,38+,39+,40-,43+/m0/s1. The van der Waals surface area contributed by atoms with Crippen LogP contribution in [0.15, 0.2) is 53.6 Å². The van der Waals surface area contributed by atoms with Gasteiger partial charge in [-0.25, -0.2) is 4.79 Å². The third-order valence-corrected chi connectivity index (χ3v) is 11.8. The van der Waals surface area contributed by atoms with Crippen molar-refractivity contribution in [3.05, 3.63) is 59.2 Å². The van der Waals surface area contributed by atoms with Gasteiger partial charge in [0.25, 0.3) is 0 Å². The lowest BCUT2D eigenvalue weighted by Gasteiger charge is -2.61. The Morgan fingerprint density at radius 1 is 0.707 bits per heavy atom. The Balaban J connectivity index is 2.04. The van der Waals surface area contributed by atoms with Crippen molar-refractivity contribution < 1.29 is 66.7 Å². The van der Waals surface area contributed by atoms with Crippen LogP contribution in [0.25, 0.3) is 0 Å². The second-order valence-electron chi connectivity index (χ2n) is 16.4. The predicted octanol–water partition coefficient (Wildman–Crippen LogP) is 4.75. The van der Waals surface area contributed by atoms with Gasteiger partial charge in [-0.3, -0.25) is 33.7 Å². The fraction of sp³-hybridized carbons (Fsp3) is 0.605. The molecule has 0 radical (unpaired) electrons. The van der Waals surface area contributed by atoms with Gasteiger partial charge in [-0.15, -0.1) is 0 Å². The van der Waals surface area contributed by atoms with Gasteiger partial charge in [0.1, 0.15) is 24.4 Å². The van der Waals surface area contributed by atoms with E-state index in [0.29, 0.717) is 16.7 Å². The molecule has 58 heavy (non-hydrogen) atoms. The summed E-state index contributed by atoms with van der Waals surface area (Å²) in [5, 5.41) is 0. The van der Waals surface area contributed by atoms with Crippen molar-refractivity contribution in [2.24, 2.45) is 22.7 Å². The summed E-state index contributed by atoms with van der Waals surface area (Å²) in [7, 11) is 3.44. The smallest absolute Gasteiger partial charge is 0.350 e. The molecular formula is C43H57NO14. The number of nitrogens with zero attached hydrogens (tertiary/aromatic N) is 1. The average molecular weight is 812 g/mol. The number of benzene rings is 1. The Hall–Kier alpha value is -5.05. The SMILES string of the molecule is C=C1[C@@H](OC(=O)[C@H](OC(C)=O)[C@@H](c2ccccc2)N(C)C)C[C@H](OC(C)=O)[C@@]2(C)[C@@H](OC(C)=O)[C@H](OC(C)=O)C3=C(C)[C@@H](OC(C)=O)C[C@@H]([C@@H](OC(C)=O)[C@H]12)C3(C)C. The number of likely N-dealkylation sites (N-methyl/N-ethyl adjacent to an activating group) is 1. The molecule has 11 atom stereocenters. The summed E-state index contributed by atoms with van der Waals surface area (Å²) in [4.78, 5) is 93.7. The fourth-order valence-corrected chi connectivity index (χ4v) is 9.62. The molecular weight excluding hydrogens is 754 g/mol. The lowest BCUT2D eigenvalue weighted by Crippen LogP contribution is -2.68. The first-order valence-electron chi connectivity index (χ1n) is 19.3. The van der Waals surface area contributed by atoms with E-state index in [0.717, 1.165) is 0 Å². The highest BCUT2D eigenvalue weighted by Gasteiger charge is 2.68. The molecule has 0 unspecified atom stereocenters. The van der Waals surface area contributed by atoms with Crippen LogP contribution in [0, 0.1) is 22.7 Å². The molecule has 15 nitrogen and oxygen atoms in total. The molecule has 0 heterocycles. The van der Waals surface area contributed by atoms with Crippen LogP contribution in [0.1, 0.15) is 93.7 Å². The van der Waals surface area contributed by atoms with E-state index in [-0.39, 0.29) is 18.4 Å². The molecule has 2 bridgehead atoms. The quantitative estimate of drug-likeness (QED) is 0.169. The maximum absolute atomic E-state index is 14.5. The first-order chi connectivity index (χ1) is 26.9. The molecule has 3 aliphatic rings. The minimum Gasteiger partial charge on any atom is -0.462 e. The van der Waals surface area contributed by atoms with E-state index in [1.165, 1.54) is 41.5 Å². The van der Waals surface area contributed by atoms with Gasteiger partial charge in [-0.05, 0) is 55.1 Å². The molecule has 0 N–H and O–H groups in total. The van der Waals surface area contributed by atoms with Gasteiger partial charge in [-0.2, -0.15) is 0 Å². The number of carbonyl (C=O) groups excluding carboxylic acids is 7. The summed E-state index contributed by atoms with van der Waals surface area (Å²) >= 11 is 0. The lowest BCUT2D eigenvalue weighted by molar-refractivity contribution is -0.231. The third kappa shape index (κ3) is 9.29. The Morgan fingerprint density at radius 2 is 1.26 bits per heavy atom. The fourth-order valence-electron chi connectivity index (χ4n) is 9.62. The predicted molar refractivity (Wildman–Crippen MR) is 206 cm³/mol. The van der Waals surface area contributed by atoms with E-state index in [1.807, 2.05) is 13.8 Å². The zero-order chi connectivity index (χ0) is 43.6. The number of esters is 7. The molecule has 0 amide bonds. The van der Waals surface area contributed by atoms with Crippen LogP contribution in [-0.2, 0) is 66.7 Å². The van der Waals surface area contributed by atoms with Crippen LogP contribution in [0.3, 0.4) is 0 Å². The van der Waals surface area contributed by atoms with Crippen LogP contribution in [0.2, 0.25) is 0 Å². The molecule has 1 aromatic rings. The Morgan fingerprint density at radius 3 is 1.76 bits per heavy atom. The number of carbonyl (C=O) groups is 7. The zero-order valence-corrected chi connectivity index (χ0v) is 35.4. The number of hydrogen-bond acceptors (Lipinski definition) is 15. The van der Waals surface area contributed by atoms with Crippen molar-refractivity contribution in [2.45, 2.75) is 131 Å². The van der Waals surface area contributed by atoms with E-state index < -0.39 is 113 Å². The molecule has 1 aromatic carbocycles. The summed E-state index contributed by atoms with van der Waals surface area (Å²) < 4.78 is 42.4. The molecule has 3 aliphatic carbocycles. The highest BCUT2D eigenvalue weighted by Crippen LogP contribution is 2.62. The molecule has 15 heteroatoms. The lowest BCUT2D eigenvalue weighted by atomic mass is 9.48. The summed E-state index contributed by atoms with van der Waals surface area (Å²) in [5.41, 5.74) is -0.760. The first kappa shape index (κ1) is 45.6. The van der Waals surface area contributed by atoms with Gasteiger partial charge in [0.05, 0.1) is 11.5 Å². The minimum absolute atomic E-state index is 0.129. The minimum atomic E-state index is -1.60. The first-order valence-corrected chi connectivity index (χ1v) is 19.3. The molecule has 4 rings (SSSR count). The monoisotopic (exact) mass is 811 g/mol. The highest BCUT2D eigenvalue weighted by atomic mass is 16.6. The topological polar surface area (TPSA) is 187 Å². The highest BCUT2D eigenvalue weighted by molar-refractivity contribution is 5.80. The summed E-state index contributed by atoms with van der Waals surface area (Å²) in [5.74, 6) is -7.06. The van der Waals surface area contributed by atoms with Crippen molar-refractivity contribution >= 4 is 41.8 Å². The van der Waals surface area contributed by atoms with Crippen LogP contribution in [-0.4, -0.2) is 104 Å². The van der Waals surface area contributed by atoms with E-state index in [4.69, 9.17) is 33.2 Å². The van der Waals surface area contributed by atoms with Crippen molar-refractivity contribution in [3.8, 4) is 0 Å². The zero-order valence-electron chi connectivity index (χ0n) is 35.4. The van der Waals surface area contributed by atoms with E-state index in [2.05, 4.69) is 6.58 Å². The molecule has 2 saturated carbocycles. The number of rotatable bonds is 11. The summed E-state index contributed by atoms with van der Waals surface area (Å²) in [6, 6.07) is 8.13. The van der Waals surface area contributed by atoms with E-state index in [9.17, 15) is 33.6 Å². The van der Waals surface area contributed by atoms with Crippen LogP contribution in [0.5, 0.6) is 0 Å². The Kier molecular flexibility index (Phi) is 14.0. The Labute approximate surface area is 339 Å². The van der Waals surface area contributed by atoms with Gasteiger partial charge in [-0.1, -0.05) is 57.7 Å². The summed E-state index contributed by atoms with van der Waals surface area (Å²) in [6.07, 6.45) is -8.96. The largest absolute Gasteiger partial charge is 0.462 e. The average Bonchev–Trinajstić information content (AvgIpc) is 3.08. The van der Waals surface area contributed by atoms with Gasteiger partial charge < -0.3 is 33.2 Å². The van der Waals surface area contributed by atoms with Crippen LogP contribution in [0.4, 0.5) is 0 Å². The van der Waals surface area contributed by atoms with E-state index in [1.54, 1.807) is 63.2 Å². The van der Waals surface area contributed by atoms with Crippen molar-refractivity contribution in [1.29, 1.82) is 0 Å². The van der Waals surface area contributed by atoms with Crippen LogP contribution >= 0.6 is 0 Å². The molecule has 0 saturated heterocycles. The molecule has 2 fully saturated rings. The number of fused-ring (bicyclic) bond motifs is 3. The van der Waals surface area contributed by atoms with Crippen molar-refractivity contribution in [2.75, 3.05) is 14.1 Å². The van der Waals surface area contributed by atoms with Crippen molar-refractivity contribution in [1.82, 2.24) is 4.90 Å². The molecule has 0 aromatic heterocycles. The van der Waals surface area contributed by atoms with Gasteiger partial charge in [0, 0.05) is 59.8 Å². The maximum Gasteiger partial charge on any atom is 0.350 e. The van der Waals surface area contributed by atoms with Gasteiger partial charge in [0.2, 0.25) is 6.10 Å². The maximum atomic E-state index is 14.5. The number of hydrogen-bond donors (Lipinski definition) is 0.